The van der Waals surface area contributed by atoms with E-state index in [9.17, 15) is 20.6 Å². The number of aromatic nitrogens is 3. The third-order valence-corrected chi connectivity index (χ3v) is 4.16. The fourth-order valence-electron chi connectivity index (χ4n) is 2.93. The molecule has 5 N–H and O–H groups in total. The summed E-state index contributed by atoms with van der Waals surface area (Å²) in [5, 5.41) is 39.7. The molecule has 0 amide bonds. The number of aliphatic hydroxyl groups is 3. The van der Waals surface area contributed by atoms with Gasteiger partial charge in [-0.15, -0.1) is 0 Å². The molecule has 1 saturated heterocycles. The van der Waals surface area contributed by atoms with Gasteiger partial charge in [-0.1, -0.05) is 0 Å². The van der Waals surface area contributed by atoms with Crippen molar-refractivity contribution in [1.82, 2.24) is 14.5 Å². The summed E-state index contributed by atoms with van der Waals surface area (Å²) in [6.45, 7) is 0.899. The van der Waals surface area contributed by atoms with Gasteiger partial charge in [0.25, 0.3) is 0 Å². The van der Waals surface area contributed by atoms with Crippen molar-refractivity contribution in [2.45, 2.75) is 31.0 Å². The van der Waals surface area contributed by atoms with Crippen LogP contribution in [0.4, 0.5) is 5.95 Å². The van der Waals surface area contributed by atoms with Gasteiger partial charge < -0.3 is 35.1 Å². The molecule has 1 aliphatic heterocycles. The van der Waals surface area contributed by atoms with E-state index in [0.717, 1.165) is 0 Å². The first kappa shape index (κ1) is 16.4. The molecule has 0 spiro atoms. The fraction of sp³-hybridized carbons (Fsp3) is 0.500. The molecule has 0 aliphatic carbocycles. The van der Waals surface area contributed by atoms with Crippen LogP contribution in [-0.2, 0) is 4.74 Å². The summed E-state index contributed by atoms with van der Waals surface area (Å²) in [6.07, 6.45) is -1.98. The molecule has 2 aromatic rings. The number of hydrogen-bond donors (Lipinski definition) is 4. The van der Waals surface area contributed by atoms with Gasteiger partial charge in [0.1, 0.15) is 23.9 Å². The van der Waals surface area contributed by atoms with E-state index in [2.05, 4.69) is 9.97 Å². The average Bonchev–Trinajstić information content (AvgIpc) is 3.02. The normalized spacial score (nSPS) is 29.8. The molecule has 4 atom stereocenters. The Morgan fingerprint density at radius 3 is 2.79 bits per heavy atom. The number of methoxy groups -OCH3 is 1. The lowest BCUT2D eigenvalue weighted by atomic mass is 9.96. The minimum absolute atomic E-state index is 0.0833. The average molecular weight is 335 g/mol. The highest BCUT2D eigenvalue weighted by molar-refractivity contribution is 5.89. The number of nitrogen functional groups attached to an aromatic ring is 1. The number of hydrogen-bond acceptors (Lipinski definition) is 9. The maximum atomic E-state index is 10.6. The SMILES string of the molecule is COc1nc(N)nc2c1c(C#N)cn2[C@@H]1O[C@H](CO)[C@@H](O)[C@@]1(C)O. The van der Waals surface area contributed by atoms with Crippen molar-refractivity contribution in [1.29, 1.82) is 5.26 Å². The molecule has 0 radical (unpaired) electrons. The van der Waals surface area contributed by atoms with Crippen LogP contribution in [0.3, 0.4) is 0 Å². The van der Waals surface area contributed by atoms with Gasteiger partial charge in [0.15, 0.2) is 11.9 Å². The van der Waals surface area contributed by atoms with Gasteiger partial charge in [0, 0.05) is 6.20 Å². The first-order chi connectivity index (χ1) is 11.3. The number of nitrogens with two attached hydrogens (primary N) is 1. The Morgan fingerprint density at radius 2 is 2.25 bits per heavy atom. The van der Waals surface area contributed by atoms with Crippen LogP contribution in [0.2, 0.25) is 0 Å². The molecule has 3 heterocycles. The van der Waals surface area contributed by atoms with Gasteiger partial charge in [0.05, 0.1) is 24.7 Å². The van der Waals surface area contributed by atoms with E-state index in [0.29, 0.717) is 5.39 Å². The molecule has 0 aromatic carbocycles. The summed E-state index contributed by atoms with van der Waals surface area (Å²) in [7, 11) is 1.38. The highest BCUT2D eigenvalue weighted by Gasteiger charge is 2.53. The van der Waals surface area contributed by atoms with Crippen molar-refractivity contribution < 1.29 is 24.8 Å². The summed E-state index contributed by atoms with van der Waals surface area (Å²) < 4.78 is 12.1. The second-order valence-electron chi connectivity index (χ2n) is 5.73. The Hall–Kier alpha value is -2.45. The summed E-state index contributed by atoms with van der Waals surface area (Å²) in [5.41, 5.74) is 4.36. The molecule has 2 aromatic heterocycles. The molecule has 0 saturated carbocycles. The number of rotatable bonds is 3. The fourth-order valence-corrected chi connectivity index (χ4v) is 2.93. The zero-order chi connectivity index (χ0) is 17.6. The number of fused-ring (bicyclic) bond motifs is 1. The zero-order valence-electron chi connectivity index (χ0n) is 13.0. The second-order valence-corrected chi connectivity index (χ2v) is 5.73. The van der Waals surface area contributed by atoms with E-state index in [1.165, 1.54) is 24.8 Å². The van der Waals surface area contributed by atoms with E-state index in [-0.39, 0.29) is 23.0 Å². The Morgan fingerprint density at radius 1 is 1.54 bits per heavy atom. The maximum absolute atomic E-state index is 10.6. The zero-order valence-corrected chi connectivity index (χ0v) is 13.0. The van der Waals surface area contributed by atoms with Crippen LogP contribution in [-0.4, -0.2) is 61.4 Å². The second kappa shape index (κ2) is 5.57. The predicted octanol–water partition coefficient (Wildman–Crippen LogP) is -1.10. The molecule has 0 bridgehead atoms. The molecular formula is C14H17N5O5. The van der Waals surface area contributed by atoms with Gasteiger partial charge >= 0.3 is 0 Å². The molecular weight excluding hydrogens is 318 g/mol. The highest BCUT2D eigenvalue weighted by atomic mass is 16.6. The van der Waals surface area contributed by atoms with Crippen LogP contribution in [0.5, 0.6) is 5.88 Å². The Balaban J connectivity index is 2.25. The maximum Gasteiger partial charge on any atom is 0.229 e. The van der Waals surface area contributed by atoms with Crippen LogP contribution in [0.1, 0.15) is 18.7 Å². The van der Waals surface area contributed by atoms with Gasteiger partial charge in [-0.3, -0.25) is 0 Å². The lowest BCUT2D eigenvalue weighted by molar-refractivity contribution is -0.0948. The van der Waals surface area contributed by atoms with Crippen molar-refractivity contribution in [2.75, 3.05) is 19.5 Å². The summed E-state index contributed by atoms with van der Waals surface area (Å²) in [5.74, 6) is 0.0322. The molecule has 0 unspecified atom stereocenters. The Labute approximate surface area is 136 Å². The van der Waals surface area contributed by atoms with Gasteiger partial charge in [0.2, 0.25) is 11.8 Å². The third-order valence-electron chi connectivity index (χ3n) is 4.16. The topological polar surface area (TPSA) is 160 Å². The lowest BCUT2D eigenvalue weighted by Crippen LogP contribution is -2.44. The van der Waals surface area contributed by atoms with E-state index in [1.54, 1.807) is 0 Å². The largest absolute Gasteiger partial charge is 0.480 e. The smallest absolute Gasteiger partial charge is 0.229 e. The number of nitriles is 1. The molecule has 1 fully saturated rings. The molecule has 10 nitrogen and oxygen atoms in total. The first-order valence-electron chi connectivity index (χ1n) is 7.14. The van der Waals surface area contributed by atoms with Crippen LogP contribution in [0.15, 0.2) is 6.20 Å². The van der Waals surface area contributed by atoms with Crippen molar-refractivity contribution in [3.63, 3.8) is 0 Å². The molecule has 10 heteroatoms. The monoisotopic (exact) mass is 335 g/mol. The van der Waals surface area contributed by atoms with E-state index >= 15 is 0 Å². The molecule has 128 valence electrons. The van der Waals surface area contributed by atoms with Gasteiger partial charge in [-0.25, -0.2) is 0 Å². The quantitative estimate of drug-likeness (QED) is 0.545. The number of ether oxygens (including phenoxy) is 2. The standard InChI is InChI=1S/C14H17N5O5/c1-14(22)9(21)7(5-20)24-12(14)19-4-6(3-15)8-10(19)17-13(16)18-11(8)23-2/h4,7,9,12,20-22H,5H2,1-2H3,(H2,16,17,18)/t7-,9-,12-,14-/m1/s1. The van der Waals surface area contributed by atoms with E-state index < -0.39 is 30.6 Å². The Kier molecular flexibility index (Phi) is 3.81. The van der Waals surface area contributed by atoms with Crippen molar-refractivity contribution >= 4 is 17.0 Å². The van der Waals surface area contributed by atoms with Gasteiger partial charge in [-0.05, 0) is 6.92 Å². The third kappa shape index (κ3) is 2.18. The minimum Gasteiger partial charge on any atom is -0.480 e. The van der Waals surface area contributed by atoms with Crippen LogP contribution in [0.25, 0.3) is 11.0 Å². The first-order valence-corrected chi connectivity index (χ1v) is 7.14. The number of anilines is 1. The summed E-state index contributed by atoms with van der Waals surface area (Å²) in [6, 6.07) is 2.00. The summed E-state index contributed by atoms with van der Waals surface area (Å²) in [4.78, 5) is 8.04. The van der Waals surface area contributed by atoms with Crippen LogP contribution < -0.4 is 10.5 Å². The Bertz CT molecular complexity index is 827. The molecule has 3 rings (SSSR count). The van der Waals surface area contributed by atoms with E-state index in [4.69, 9.17) is 15.2 Å². The minimum atomic E-state index is -1.72. The van der Waals surface area contributed by atoms with Gasteiger partial charge in [-0.2, -0.15) is 15.2 Å². The molecule has 24 heavy (non-hydrogen) atoms. The summed E-state index contributed by atoms with van der Waals surface area (Å²) >= 11 is 0. The van der Waals surface area contributed by atoms with Crippen LogP contribution in [0, 0.1) is 11.3 Å². The number of aliphatic hydroxyl groups excluding tert-OH is 2. The van der Waals surface area contributed by atoms with E-state index in [1.807, 2.05) is 6.07 Å². The van der Waals surface area contributed by atoms with Crippen LogP contribution >= 0.6 is 0 Å². The number of nitrogens with zero attached hydrogens (tertiary/aromatic N) is 4. The predicted molar refractivity (Wildman–Crippen MR) is 80.8 cm³/mol. The van der Waals surface area contributed by atoms with Crippen molar-refractivity contribution in [2.24, 2.45) is 0 Å². The lowest BCUT2D eigenvalue weighted by Gasteiger charge is -2.27. The van der Waals surface area contributed by atoms with Crippen molar-refractivity contribution in [3.8, 4) is 11.9 Å². The molecule has 1 aliphatic rings. The highest BCUT2D eigenvalue weighted by Crippen LogP contribution is 2.41. The van der Waals surface area contributed by atoms with Crippen molar-refractivity contribution in [3.05, 3.63) is 11.8 Å².